The number of rotatable bonds is 7. The van der Waals surface area contributed by atoms with E-state index in [1.807, 2.05) is 43.3 Å². The van der Waals surface area contributed by atoms with Crippen molar-refractivity contribution in [3.63, 3.8) is 0 Å². The summed E-state index contributed by atoms with van der Waals surface area (Å²) in [5, 5.41) is 11.7. The van der Waals surface area contributed by atoms with Gasteiger partial charge in [-0.3, -0.25) is 9.78 Å². The van der Waals surface area contributed by atoms with Crippen molar-refractivity contribution in [3.05, 3.63) is 77.0 Å². The number of hydrogen-bond donors (Lipinski definition) is 3. The number of carbonyl (C=O) groups excluding carboxylic acids is 1. The molecular formula is C25H27N3O3. The molecule has 0 saturated carbocycles. The molecule has 2 amide bonds. The number of carbonyl (C=O) groups is 2. The molecule has 2 aromatic carbocycles. The van der Waals surface area contributed by atoms with Crippen LogP contribution in [0.1, 0.15) is 41.0 Å². The highest BCUT2D eigenvalue weighted by Crippen LogP contribution is 2.32. The van der Waals surface area contributed by atoms with Gasteiger partial charge < -0.3 is 16.2 Å². The maximum absolute atomic E-state index is 11.7. The van der Waals surface area contributed by atoms with Crippen LogP contribution >= 0.6 is 0 Å². The molecule has 160 valence electrons. The van der Waals surface area contributed by atoms with Crippen LogP contribution in [0.4, 0.5) is 4.79 Å². The Morgan fingerprint density at radius 2 is 1.77 bits per heavy atom. The van der Waals surface area contributed by atoms with E-state index in [0.29, 0.717) is 23.6 Å². The number of nitrogens with zero attached hydrogens (tertiary/aromatic N) is 1. The largest absolute Gasteiger partial charge is 0.465 e. The first kappa shape index (κ1) is 22.0. The van der Waals surface area contributed by atoms with Gasteiger partial charge in [-0.1, -0.05) is 55.8 Å². The van der Waals surface area contributed by atoms with Crippen LogP contribution in [0.15, 0.2) is 54.6 Å². The van der Waals surface area contributed by atoms with Gasteiger partial charge in [0.05, 0.1) is 5.69 Å². The van der Waals surface area contributed by atoms with Gasteiger partial charge in [0.25, 0.3) is 0 Å². The fourth-order valence-corrected chi connectivity index (χ4v) is 3.51. The highest BCUT2D eigenvalue weighted by molar-refractivity contribution is 5.94. The first-order valence-corrected chi connectivity index (χ1v) is 10.2. The minimum absolute atomic E-state index is 0.162. The van der Waals surface area contributed by atoms with E-state index in [-0.39, 0.29) is 6.54 Å². The summed E-state index contributed by atoms with van der Waals surface area (Å²) in [6.07, 6.45) is -0.387. The standard InChI is InChI=1S/C25H27N3O3/c1-15(2)11-23-21(14-27-25(30)31)20(17-9-7-16(3)8-10-17)13-22(28-23)18-5-4-6-19(12-18)24(26)29/h4-10,12-13,15,27H,11,14H2,1-3H3,(H2,26,29)(H,30,31). The monoisotopic (exact) mass is 417 g/mol. The molecule has 6 heteroatoms. The van der Waals surface area contributed by atoms with E-state index in [1.165, 1.54) is 0 Å². The van der Waals surface area contributed by atoms with E-state index in [9.17, 15) is 14.7 Å². The molecule has 3 rings (SSSR count). The van der Waals surface area contributed by atoms with Gasteiger partial charge in [-0.2, -0.15) is 0 Å². The molecule has 1 heterocycles. The van der Waals surface area contributed by atoms with Gasteiger partial charge in [-0.15, -0.1) is 0 Å². The van der Waals surface area contributed by atoms with E-state index < -0.39 is 12.0 Å². The van der Waals surface area contributed by atoms with Crippen LogP contribution in [0.2, 0.25) is 0 Å². The van der Waals surface area contributed by atoms with Crippen molar-refractivity contribution in [2.24, 2.45) is 11.7 Å². The molecule has 6 nitrogen and oxygen atoms in total. The molecule has 0 aliphatic heterocycles. The van der Waals surface area contributed by atoms with Crippen molar-refractivity contribution in [1.29, 1.82) is 0 Å². The third-order valence-electron chi connectivity index (χ3n) is 5.03. The minimum Gasteiger partial charge on any atom is -0.465 e. The quantitative estimate of drug-likeness (QED) is 0.514. The number of nitrogens with two attached hydrogens (primary N) is 1. The first-order chi connectivity index (χ1) is 14.7. The molecular weight excluding hydrogens is 390 g/mol. The number of pyridine rings is 1. The maximum atomic E-state index is 11.7. The third-order valence-corrected chi connectivity index (χ3v) is 5.03. The molecule has 31 heavy (non-hydrogen) atoms. The average molecular weight is 418 g/mol. The van der Waals surface area contributed by atoms with Gasteiger partial charge >= 0.3 is 6.09 Å². The average Bonchev–Trinajstić information content (AvgIpc) is 2.72. The SMILES string of the molecule is Cc1ccc(-c2cc(-c3cccc(C(N)=O)c3)nc(CC(C)C)c2CNC(=O)O)cc1. The van der Waals surface area contributed by atoms with E-state index >= 15 is 0 Å². The summed E-state index contributed by atoms with van der Waals surface area (Å²) < 4.78 is 0. The Kier molecular flexibility index (Phi) is 6.70. The molecule has 0 fully saturated rings. The molecule has 0 bridgehead atoms. The van der Waals surface area contributed by atoms with Gasteiger partial charge in [0.1, 0.15) is 0 Å². The maximum Gasteiger partial charge on any atom is 0.404 e. The number of aromatic nitrogens is 1. The van der Waals surface area contributed by atoms with Crippen molar-refractivity contribution in [2.75, 3.05) is 0 Å². The summed E-state index contributed by atoms with van der Waals surface area (Å²) in [7, 11) is 0. The molecule has 0 unspecified atom stereocenters. The zero-order valence-corrected chi connectivity index (χ0v) is 18.0. The Morgan fingerprint density at radius 3 is 2.39 bits per heavy atom. The van der Waals surface area contributed by atoms with E-state index in [1.54, 1.807) is 18.2 Å². The Hall–Kier alpha value is -3.67. The summed E-state index contributed by atoms with van der Waals surface area (Å²) >= 11 is 0. The number of hydrogen-bond acceptors (Lipinski definition) is 3. The van der Waals surface area contributed by atoms with Crippen LogP contribution in [-0.2, 0) is 13.0 Å². The second-order valence-corrected chi connectivity index (χ2v) is 8.05. The van der Waals surface area contributed by atoms with Crippen molar-refractivity contribution >= 4 is 12.0 Å². The zero-order chi connectivity index (χ0) is 22.5. The fraction of sp³-hybridized carbons (Fsp3) is 0.240. The molecule has 0 aliphatic carbocycles. The Balaban J connectivity index is 2.24. The van der Waals surface area contributed by atoms with Crippen molar-refractivity contribution in [1.82, 2.24) is 10.3 Å². The van der Waals surface area contributed by atoms with Crippen molar-refractivity contribution in [2.45, 2.75) is 33.7 Å². The smallest absolute Gasteiger partial charge is 0.404 e. The number of benzene rings is 2. The number of aryl methyl sites for hydroxylation is 1. The number of nitrogens with one attached hydrogen (secondary N) is 1. The van der Waals surface area contributed by atoms with Gasteiger partial charge in [0.15, 0.2) is 0 Å². The lowest BCUT2D eigenvalue weighted by Crippen LogP contribution is -2.22. The van der Waals surface area contributed by atoms with Crippen LogP contribution < -0.4 is 11.1 Å². The lowest BCUT2D eigenvalue weighted by Gasteiger charge is -2.18. The molecule has 4 N–H and O–H groups in total. The zero-order valence-electron chi connectivity index (χ0n) is 18.0. The highest BCUT2D eigenvalue weighted by Gasteiger charge is 2.17. The van der Waals surface area contributed by atoms with E-state index in [0.717, 1.165) is 33.5 Å². The molecule has 0 spiro atoms. The normalized spacial score (nSPS) is 10.8. The summed E-state index contributed by atoms with van der Waals surface area (Å²) in [6.45, 7) is 6.38. The molecule has 0 radical (unpaired) electrons. The lowest BCUT2D eigenvalue weighted by atomic mass is 9.92. The molecule has 0 saturated heterocycles. The second kappa shape index (κ2) is 9.43. The first-order valence-electron chi connectivity index (χ1n) is 10.2. The number of primary amides is 1. The van der Waals surface area contributed by atoms with Crippen LogP contribution in [-0.4, -0.2) is 22.1 Å². The molecule has 1 aromatic heterocycles. The Morgan fingerprint density at radius 1 is 1.06 bits per heavy atom. The van der Waals surface area contributed by atoms with Gasteiger partial charge in [-0.05, 0) is 48.6 Å². The highest BCUT2D eigenvalue weighted by atomic mass is 16.4. The number of amides is 2. The van der Waals surface area contributed by atoms with Crippen LogP contribution in [0.3, 0.4) is 0 Å². The fourth-order valence-electron chi connectivity index (χ4n) is 3.51. The number of carboxylic acid groups (broad SMARTS) is 1. The molecule has 3 aromatic rings. The summed E-state index contributed by atoms with van der Waals surface area (Å²) in [4.78, 5) is 27.8. The van der Waals surface area contributed by atoms with Crippen LogP contribution in [0, 0.1) is 12.8 Å². The van der Waals surface area contributed by atoms with Crippen LogP contribution in [0.5, 0.6) is 0 Å². The van der Waals surface area contributed by atoms with E-state index in [2.05, 4.69) is 19.2 Å². The van der Waals surface area contributed by atoms with Crippen LogP contribution in [0.25, 0.3) is 22.4 Å². The van der Waals surface area contributed by atoms with Crippen molar-refractivity contribution in [3.8, 4) is 22.4 Å². The molecule has 0 aliphatic rings. The molecule has 0 atom stereocenters. The van der Waals surface area contributed by atoms with Gasteiger partial charge in [0, 0.05) is 28.9 Å². The predicted molar refractivity (Wildman–Crippen MR) is 122 cm³/mol. The minimum atomic E-state index is -1.08. The second-order valence-electron chi connectivity index (χ2n) is 8.05. The topological polar surface area (TPSA) is 105 Å². The third kappa shape index (κ3) is 5.48. The van der Waals surface area contributed by atoms with Gasteiger partial charge in [-0.25, -0.2) is 4.79 Å². The van der Waals surface area contributed by atoms with E-state index in [4.69, 9.17) is 10.7 Å². The Labute approximate surface area is 182 Å². The summed E-state index contributed by atoms with van der Waals surface area (Å²) in [6, 6.07) is 17.1. The summed E-state index contributed by atoms with van der Waals surface area (Å²) in [5.74, 6) is -0.167. The van der Waals surface area contributed by atoms with Crippen molar-refractivity contribution < 1.29 is 14.7 Å². The summed E-state index contributed by atoms with van der Waals surface area (Å²) in [5.41, 5.74) is 12.1. The lowest BCUT2D eigenvalue weighted by molar-refractivity contribution is 0.1000. The predicted octanol–water partition coefficient (Wildman–Crippen LogP) is 4.79. The Bertz CT molecular complexity index is 1110. The van der Waals surface area contributed by atoms with Gasteiger partial charge in [0.2, 0.25) is 5.91 Å².